The highest BCUT2D eigenvalue weighted by Crippen LogP contribution is 2.35. The third-order valence-corrected chi connectivity index (χ3v) is 6.60. The largest absolute Gasteiger partial charge is 0.342 e. The first-order valence-corrected chi connectivity index (χ1v) is 11.0. The van der Waals surface area contributed by atoms with Gasteiger partial charge in [-0.05, 0) is 44.2 Å². The molecule has 1 aromatic rings. The highest BCUT2D eigenvalue weighted by Gasteiger charge is 2.37. The molecule has 3 nitrogen and oxygen atoms in total. The van der Waals surface area contributed by atoms with E-state index >= 15 is 0 Å². The number of hydrogen-bond donors (Lipinski definition) is 0. The van der Waals surface area contributed by atoms with Gasteiger partial charge in [0.2, 0.25) is 5.91 Å². The van der Waals surface area contributed by atoms with E-state index in [-0.39, 0.29) is 0 Å². The minimum Gasteiger partial charge on any atom is -0.342 e. The van der Waals surface area contributed by atoms with E-state index < -0.39 is 0 Å². The summed E-state index contributed by atoms with van der Waals surface area (Å²) in [7, 11) is 2.31. The first-order valence-electron chi connectivity index (χ1n) is 11.0. The number of likely N-dealkylation sites (tertiary alicyclic amines) is 1. The molecule has 1 aliphatic heterocycles. The van der Waals surface area contributed by atoms with Crippen LogP contribution in [0.3, 0.4) is 0 Å². The predicted octanol–water partition coefficient (Wildman–Crippen LogP) is 4.85. The van der Waals surface area contributed by atoms with Crippen LogP contribution in [0.25, 0.3) is 0 Å². The van der Waals surface area contributed by atoms with E-state index in [4.69, 9.17) is 0 Å². The van der Waals surface area contributed by atoms with Gasteiger partial charge in [-0.25, -0.2) is 0 Å². The van der Waals surface area contributed by atoms with Crippen molar-refractivity contribution in [2.24, 2.45) is 11.8 Å². The Hall–Kier alpha value is -1.35. The van der Waals surface area contributed by atoms with Gasteiger partial charge >= 0.3 is 0 Å². The Morgan fingerprint density at radius 1 is 1.11 bits per heavy atom. The number of rotatable bonds is 6. The van der Waals surface area contributed by atoms with Crippen LogP contribution < -0.4 is 0 Å². The minimum absolute atomic E-state index is 0.338. The smallest absolute Gasteiger partial charge is 0.222 e. The Morgan fingerprint density at radius 2 is 1.78 bits per heavy atom. The molecule has 0 bridgehead atoms. The maximum atomic E-state index is 12.7. The van der Waals surface area contributed by atoms with Crippen LogP contribution in [-0.4, -0.2) is 48.4 Å². The first-order chi connectivity index (χ1) is 12.9. The van der Waals surface area contributed by atoms with Gasteiger partial charge in [0.25, 0.3) is 0 Å². The Kier molecular flexibility index (Phi) is 6.97. The molecule has 3 heteroatoms. The summed E-state index contributed by atoms with van der Waals surface area (Å²) in [5.74, 6) is 1.77. The highest BCUT2D eigenvalue weighted by molar-refractivity contribution is 5.76. The lowest BCUT2D eigenvalue weighted by Crippen LogP contribution is -2.39. The molecule has 2 unspecified atom stereocenters. The Morgan fingerprint density at radius 3 is 2.41 bits per heavy atom. The van der Waals surface area contributed by atoms with Crippen molar-refractivity contribution >= 4 is 5.91 Å². The zero-order valence-corrected chi connectivity index (χ0v) is 17.8. The van der Waals surface area contributed by atoms with Crippen molar-refractivity contribution in [3.8, 4) is 0 Å². The number of amides is 1. The Bertz CT molecular complexity index is 603. The van der Waals surface area contributed by atoms with E-state index in [1.54, 1.807) is 0 Å². The van der Waals surface area contributed by atoms with Crippen LogP contribution in [0.5, 0.6) is 0 Å². The first kappa shape index (κ1) is 20.4. The molecule has 0 radical (unpaired) electrons. The zero-order chi connectivity index (χ0) is 19.4. The number of aryl methyl sites for hydroxylation is 1. The van der Waals surface area contributed by atoms with E-state index in [2.05, 4.69) is 61.9 Å². The number of nitrogens with zero attached hydrogens (tertiary/aromatic N) is 2. The van der Waals surface area contributed by atoms with Crippen LogP contribution in [0.1, 0.15) is 69.4 Å². The molecule has 1 amide bonds. The third-order valence-electron chi connectivity index (χ3n) is 6.60. The maximum absolute atomic E-state index is 12.7. The second kappa shape index (κ2) is 9.23. The molecular weight excluding hydrogens is 332 g/mol. The monoisotopic (exact) mass is 370 g/mol. The average molecular weight is 371 g/mol. The molecule has 2 atom stereocenters. The molecule has 0 spiro atoms. The lowest BCUT2D eigenvalue weighted by Gasteiger charge is -2.34. The summed E-state index contributed by atoms with van der Waals surface area (Å²) < 4.78 is 0. The molecule has 1 aromatic carbocycles. The molecule has 3 rings (SSSR count). The number of carbonyl (C=O) groups excluding carboxylic acids is 1. The van der Waals surface area contributed by atoms with Crippen molar-refractivity contribution < 1.29 is 4.79 Å². The summed E-state index contributed by atoms with van der Waals surface area (Å²) in [6.45, 7) is 9.33. The summed E-state index contributed by atoms with van der Waals surface area (Å²) >= 11 is 0. The van der Waals surface area contributed by atoms with Crippen molar-refractivity contribution in [2.45, 2.75) is 71.3 Å². The van der Waals surface area contributed by atoms with Crippen LogP contribution in [0.4, 0.5) is 0 Å². The topological polar surface area (TPSA) is 23.6 Å². The van der Waals surface area contributed by atoms with Gasteiger partial charge in [0, 0.05) is 38.0 Å². The van der Waals surface area contributed by atoms with Crippen molar-refractivity contribution in [1.29, 1.82) is 0 Å². The Balaban J connectivity index is 1.72. The van der Waals surface area contributed by atoms with Crippen LogP contribution in [0, 0.1) is 18.8 Å². The number of benzene rings is 1. The number of carbonyl (C=O) groups is 1. The van der Waals surface area contributed by atoms with E-state index in [0.717, 1.165) is 25.7 Å². The quantitative estimate of drug-likeness (QED) is 0.715. The van der Waals surface area contributed by atoms with E-state index in [1.807, 2.05) is 0 Å². The SMILES string of the molecule is Cc1ccc(C2CN(C(=O)CC(C)C)CC2CN(C)C2CCCCC2)cc1. The molecule has 1 aliphatic carbocycles. The fourth-order valence-corrected chi connectivity index (χ4v) is 4.97. The summed E-state index contributed by atoms with van der Waals surface area (Å²) in [6.07, 6.45) is 7.51. The fourth-order valence-electron chi connectivity index (χ4n) is 4.97. The number of hydrogen-bond acceptors (Lipinski definition) is 2. The zero-order valence-electron chi connectivity index (χ0n) is 17.8. The van der Waals surface area contributed by atoms with Crippen molar-refractivity contribution in [3.05, 3.63) is 35.4 Å². The molecule has 1 saturated heterocycles. The molecule has 27 heavy (non-hydrogen) atoms. The van der Waals surface area contributed by atoms with Crippen LogP contribution in [0.2, 0.25) is 0 Å². The van der Waals surface area contributed by atoms with Crippen molar-refractivity contribution in [2.75, 3.05) is 26.7 Å². The molecule has 0 N–H and O–H groups in total. The van der Waals surface area contributed by atoms with Gasteiger partial charge in [-0.1, -0.05) is 62.9 Å². The standard InChI is InChI=1S/C24H38N2O/c1-18(2)14-24(27)26-16-21(15-25(4)22-8-6-5-7-9-22)23(17-26)20-12-10-19(3)11-13-20/h10-13,18,21-23H,5-9,14-17H2,1-4H3. The summed E-state index contributed by atoms with van der Waals surface area (Å²) in [4.78, 5) is 17.5. The average Bonchev–Trinajstić information content (AvgIpc) is 3.06. The lowest BCUT2D eigenvalue weighted by molar-refractivity contribution is -0.131. The minimum atomic E-state index is 0.338. The second-order valence-electron chi connectivity index (χ2n) is 9.41. The highest BCUT2D eigenvalue weighted by atomic mass is 16.2. The van der Waals surface area contributed by atoms with Gasteiger partial charge in [0.05, 0.1) is 0 Å². The van der Waals surface area contributed by atoms with E-state index in [9.17, 15) is 4.79 Å². The third kappa shape index (κ3) is 5.34. The van der Waals surface area contributed by atoms with Crippen LogP contribution in [0.15, 0.2) is 24.3 Å². The normalized spacial score (nSPS) is 24.1. The van der Waals surface area contributed by atoms with Crippen LogP contribution >= 0.6 is 0 Å². The van der Waals surface area contributed by atoms with Gasteiger partial charge in [-0.15, -0.1) is 0 Å². The summed E-state index contributed by atoms with van der Waals surface area (Å²) in [6, 6.07) is 9.73. The molecular formula is C24H38N2O. The van der Waals surface area contributed by atoms with Gasteiger partial charge in [0.1, 0.15) is 0 Å². The van der Waals surface area contributed by atoms with Gasteiger partial charge in [-0.3, -0.25) is 4.79 Å². The van der Waals surface area contributed by atoms with Gasteiger partial charge < -0.3 is 9.80 Å². The molecule has 2 aliphatic rings. The summed E-state index contributed by atoms with van der Waals surface area (Å²) in [5.41, 5.74) is 2.71. The van der Waals surface area contributed by atoms with Crippen LogP contribution in [-0.2, 0) is 4.79 Å². The molecule has 2 fully saturated rings. The van der Waals surface area contributed by atoms with E-state index in [1.165, 1.54) is 43.2 Å². The van der Waals surface area contributed by atoms with Gasteiger partial charge in [0.15, 0.2) is 0 Å². The molecule has 1 heterocycles. The lowest BCUT2D eigenvalue weighted by atomic mass is 9.87. The van der Waals surface area contributed by atoms with E-state index in [0.29, 0.717) is 30.1 Å². The molecule has 1 saturated carbocycles. The predicted molar refractivity (Wildman–Crippen MR) is 113 cm³/mol. The molecule has 0 aromatic heterocycles. The maximum Gasteiger partial charge on any atom is 0.222 e. The van der Waals surface area contributed by atoms with Gasteiger partial charge in [-0.2, -0.15) is 0 Å². The summed E-state index contributed by atoms with van der Waals surface area (Å²) in [5, 5.41) is 0. The fraction of sp³-hybridized carbons (Fsp3) is 0.708. The van der Waals surface area contributed by atoms with Crippen molar-refractivity contribution in [3.63, 3.8) is 0 Å². The molecule has 150 valence electrons. The Labute approximate surface area is 166 Å². The second-order valence-corrected chi connectivity index (χ2v) is 9.41. The van der Waals surface area contributed by atoms with Crippen molar-refractivity contribution in [1.82, 2.24) is 9.80 Å².